The molecular weight excluding hydrogens is 216 g/mol. The van der Waals surface area contributed by atoms with Crippen molar-refractivity contribution in [3.63, 3.8) is 0 Å². The predicted octanol–water partition coefficient (Wildman–Crippen LogP) is 1.35. The molecular formula is C13H22N2O2. The van der Waals surface area contributed by atoms with Gasteiger partial charge in [-0.15, -0.1) is 0 Å². The summed E-state index contributed by atoms with van der Waals surface area (Å²) in [6.07, 6.45) is 8.32. The number of amides is 1. The number of hydroxylamine groups is 1. The molecule has 96 valence electrons. The van der Waals surface area contributed by atoms with Gasteiger partial charge in [-0.2, -0.15) is 0 Å². The molecule has 3 N–H and O–H groups in total. The molecule has 17 heavy (non-hydrogen) atoms. The lowest BCUT2D eigenvalue weighted by Gasteiger charge is -2.27. The van der Waals surface area contributed by atoms with Crippen LogP contribution in [0, 0.1) is 17.8 Å². The first-order valence-electron chi connectivity index (χ1n) is 6.97. The highest BCUT2D eigenvalue weighted by molar-refractivity contribution is 5.79. The number of carbonyl (C=O) groups is 1. The molecule has 3 rings (SSSR count). The fourth-order valence-corrected chi connectivity index (χ4v) is 3.94. The Morgan fingerprint density at radius 3 is 2.47 bits per heavy atom. The minimum Gasteiger partial charge on any atom is -0.327 e. The second-order valence-electron chi connectivity index (χ2n) is 5.93. The van der Waals surface area contributed by atoms with Gasteiger partial charge >= 0.3 is 0 Å². The topological polar surface area (TPSA) is 64.4 Å². The van der Waals surface area contributed by atoms with Crippen molar-refractivity contribution in [2.45, 2.75) is 57.1 Å². The fourth-order valence-electron chi connectivity index (χ4n) is 3.94. The van der Waals surface area contributed by atoms with Crippen molar-refractivity contribution in [3.05, 3.63) is 0 Å². The number of hydrogen-bond donors (Lipinski definition) is 2. The molecule has 0 aromatic carbocycles. The van der Waals surface area contributed by atoms with Gasteiger partial charge in [-0.1, -0.05) is 12.8 Å². The minimum absolute atomic E-state index is 0.00449. The first-order chi connectivity index (χ1) is 8.25. The van der Waals surface area contributed by atoms with E-state index >= 15 is 0 Å². The van der Waals surface area contributed by atoms with Crippen LogP contribution in [0.25, 0.3) is 0 Å². The van der Waals surface area contributed by atoms with Gasteiger partial charge in [0, 0.05) is 6.04 Å². The Labute approximate surface area is 102 Å². The summed E-state index contributed by atoms with van der Waals surface area (Å²) >= 11 is 0. The predicted molar refractivity (Wildman–Crippen MR) is 63.8 cm³/mol. The molecule has 0 aliphatic heterocycles. The average Bonchev–Trinajstić information content (AvgIpc) is 3.02. The Morgan fingerprint density at radius 2 is 1.82 bits per heavy atom. The van der Waals surface area contributed by atoms with Crippen molar-refractivity contribution in [2.24, 2.45) is 23.5 Å². The molecule has 0 spiro atoms. The van der Waals surface area contributed by atoms with Gasteiger partial charge in [-0.05, 0) is 43.9 Å². The highest BCUT2D eigenvalue weighted by Gasteiger charge is 2.49. The van der Waals surface area contributed by atoms with E-state index < -0.39 is 0 Å². The zero-order valence-electron chi connectivity index (χ0n) is 10.2. The monoisotopic (exact) mass is 238 g/mol. The van der Waals surface area contributed by atoms with Crippen LogP contribution in [-0.4, -0.2) is 18.1 Å². The molecule has 4 nitrogen and oxygen atoms in total. The molecule has 3 saturated carbocycles. The highest BCUT2D eigenvalue weighted by Crippen LogP contribution is 2.47. The van der Waals surface area contributed by atoms with Crippen LogP contribution in [0.15, 0.2) is 0 Å². The van der Waals surface area contributed by atoms with Crippen LogP contribution in [0.1, 0.15) is 44.9 Å². The van der Waals surface area contributed by atoms with Gasteiger partial charge in [0.2, 0.25) is 5.91 Å². The van der Waals surface area contributed by atoms with E-state index in [0.717, 1.165) is 19.3 Å². The quantitative estimate of drug-likeness (QED) is 0.729. The molecule has 4 unspecified atom stereocenters. The van der Waals surface area contributed by atoms with E-state index in [2.05, 4.69) is 5.48 Å². The molecule has 3 aliphatic rings. The lowest BCUT2D eigenvalue weighted by molar-refractivity contribution is -0.144. The third kappa shape index (κ3) is 2.08. The lowest BCUT2D eigenvalue weighted by atomic mass is 9.84. The Kier molecular flexibility index (Phi) is 3.09. The van der Waals surface area contributed by atoms with Gasteiger partial charge in [-0.3, -0.25) is 9.63 Å². The first kappa shape index (κ1) is 11.5. The molecule has 2 bridgehead atoms. The van der Waals surface area contributed by atoms with Gasteiger partial charge in [0.05, 0.1) is 12.0 Å². The third-order valence-electron chi connectivity index (χ3n) is 4.91. The van der Waals surface area contributed by atoms with Crippen molar-refractivity contribution in [3.8, 4) is 0 Å². The van der Waals surface area contributed by atoms with Crippen molar-refractivity contribution in [1.29, 1.82) is 0 Å². The van der Waals surface area contributed by atoms with E-state index in [1.807, 2.05) is 0 Å². The third-order valence-corrected chi connectivity index (χ3v) is 4.91. The summed E-state index contributed by atoms with van der Waals surface area (Å²) in [4.78, 5) is 17.6. The average molecular weight is 238 g/mol. The summed E-state index contributed by atoms with van der Waals surface area (Å²) in [6, 6.07) is 0.0564. The normalized spacial score (nSPS) is 41.0. The maximum Gasteiger partial charge on any atom is 0.248 e. The van der Waals surface area contributed by atoms with Crippen LogP contribution >= 0.6 is 0 Å². The molecule has 4 atom stereocenters. The van der Waals surface area contributed by atoms with E-state index in [0.29, 0.717) is 11.8 Å². The Morgan fingerprint density at radius 1 is 1.12 bits per heavy atom. The van der Waals surface area contributed by atoms with Crippen molar-refractivity contribution in [2.75, 3.05) is 0 Å². The van der Waals surface area contributed by atoms with Crippen molar-refractivity contribution < 1.29 is 9.63 Å². The van der Waals surface area contributed by atoms with Crippen molar-refractivity contribution in [1.82, 2.24) is 5.48 Å². The molecule has 0 saturated heterocycles. The smallest absolute Gasteiger partial charge is 0.248 e. The van der Waals surface area contributed by atoms with Crippen LogP contribution < -0.4 is 11.2 Å². The van der Waals surface area contributed by atoms with Gasteiger partial charge < -0.3 is 5.73 Å². The summed E-state index contributed by atoms with van der Waals surface area (Å²) < 4.78 is 0. The Bertz CT molecular complexity index is 300. The van der Waals surface area contributed by atoms with Crippen LogP contribution in [0.3, 0.4) is 0 Å². The van der Waals surface area contributed by atoms with Crippen LogP contribution in [0.5, 0.6) is 0 Å². The standard InChI is InChI=1S/C13H22N2O2/c14-12-9-6-5-8(7-9)11(12)13(16)15-17-10-3-1-2-4-10/h8-12H,1-7,14H2,(H,15,16). The summed E-state index contributed by atoms with van der Waals surface area (Å²) in [5.74, 6) is 1.09. The number of carbonyl (C=O) groups excluding carboxylic acids is 1. The molecule has 3 aliphatic carbocycles. The Balaban J connectivity index is 1.52. The maximum absolute atomic E-state index is 12.1. The first-order valence-corrected chi connectivity index (χ1v) is 6.97. The van der Waals surface area contributed by atoms with E-state index in [9.17, 15) is 4.79 Å². The summed E-state index contributed by atoms with van der Waals surface area (Å²) in [5.41, 5.74) is 8.80. The van der Waals surface area contributed by atoms with E-state index in [4.69, 9.17) is 10.6 Å². The van der Waals surface area contributed by atoms with Gasteiger partial charge in [0.25, 0.3) is 0 Å². The second-order valence-corrected chi connectivity index (χ2v) is 5.93. The van der Waals surface area contributed by atoms with Crippen LogP contribution in [0.4, 0.5) is 0 Å². The largest absolute Gasteiger partial charge is 0.327 e. The van der Waals surface area contributed by atoms with Crippen LogP contribution in [-0.2, 0) is 9.63 Å². The second kappa shape index (κ2) is 4.58. The molecule has 0 heterocycles. The van der Waals surface area contributed by atoms with E-state index in [1.165, 1.54) is 25.7 Å². The Hall–Kier alpha value is -0.610. The van der Waals surface area contributed by atoms with Gasteiger partial charge in [0.15, 0.2) is 0 Å². The summed E-state index contributed by atoms with van der Waals surface area (Å²) in [5, 5.41) is 0. The zero-order valence-corrected chi connectivity index (χ0v) is 10.2. The number of rotatable bonds is 3. The van der Waals surface area contributed by atoms with Gasteiger partial charge in [-0.25, -0.2) is 5.48 Å². The molecule has 1 amide bonds. The number of hydrogen-bond acceptors (Lipinski definition) is 3. The molecule has 0 aromatic heterocycles. The summed E-state index contributed by atoms with van der Waals surface area (Å²) in [6.45, 7) is 0. The maximum atomic E-state index is 12.1. The number of fused-ring (bicyclic) bond motifs is 2. The highest BCUT2D eigenvalue weighted by atomic mass is 16.7. The SMILES string of the molecule is NC1C2CCC(C2)C1C(=O)NOC1CCCC1. The van der Waals surface area contributed by atoms with Gasteiger partial charge in [0.1, 0.15) is 0 Å². The summed E-state index contributed by atoms with van der Waals surface area (Å²) in [7, 11) is 0. The van der Waals surface area contributed by atoms with E-state index in [-0.39, 0.29) is 24.0 Å². The van der Waals surface area contributed by atoms with E-state index in [1.54, 1.807) is 0 Å². The van der Waals surface area contributed by atoms with Crippen molar-refractivity contribution >= 4 is 5.91 Å². The van der Waals surface area contributed by atoms with Crippen LogP contribution in [0.2, 0.25) is 0 Å². The molecule has 0 radical (unpaired) electrons. The molecule has 4 heteroatoms. The molecule has 0 aromatic rings. The molecule has 3 fully saturated rings. The minimum atomic E-state index is -0.00449. The fraction of sp³-hybridized carbons (Fsp3) is 0.923. The number of nitrogens with one attached hydrogen (secondary N) is 1. The lowest BCUT2D eigenvalue weighted by Crippen LogP contribution is -2.45. The number of nitrogens with two attached hydrogens (primary N) is 1. The zero-order chi connectivity index (χ0) is 11.8.